The molecule has 0 atom stereocenters. The van der Waals surface area contributed by atoms with Gasteiger partial charge in [0, 0.05) is 24.6 Å². The Morgan fingerprint density at radius 3 is 2.52 bits per heavy atom. The second-order valence-corrected chi connectivity index (χ2v) is 7.25. The molecule has 6 heteroatoms. The average Bonchev–Trinajstić information content (AvgIpc) is 2.75. The van der Waals surface area contributed by atoms with E-state index >= 15 is 0 Å². The van der Waals surface area contributed by atoms with E-state index in [1.807, 2.05) is 54.6 Å². The quantitative estimate of drug-likeness (QED) is 0.661. The molecule has 4 rings (SSSR count). The molecule has 1 aliphatic heterocycles. The largest absolute Gasteiger partial charge is 0.324 e. The molecule has 0 saturated carbocycles. The second kappa shape index (κ2) is 9.30. The van der Waals surface area contributed by atoms with Gasteiger partial charge in [0.15, 0.2) is 0 Å². The van der Waals surface area contributed by atoms with Gasteiger partial charge in [-0.3, -0.25) is 15.2 Å². The lowest BCUT2D eigenvalue weighted by molar-refractivity contribution is 0.218. The third-order valence-corrected chi connectivity index (χ3v) is 5.02. The van der Waals surface area contributed by atoms with Crippen molar-refractivity contribution in [3.8, 4) is 11.1 Å². The summed E-state index contributed by atoms with van der Waals surface area (Å²) in [4.78, 5) is 23.5. The molecule has 3 aromatic rings. The number of piperidine rings is 1. The Morgan fingerprint density at radius 1 is 0.897 bits per heavy atom. The number of amides is 2. The molecule has 2 N–H and O–H groups in total. The van der Waals surface area contributed by atoms with Crippen molar-refractivity contribution in [2.24, 2.45) is 0 Å². The van der Waals surface area contributed by atoms with Crippen molar-refractivity contribution < 1.29 is 4.79 Å². The standard InChI is InChI=1S/C23H25N5O/c29-23(26-20-7-4-6-19(16-20)18-10-12-24-13-11-18)27-22-9-5-8-21(25-22)17-28-14-2-1-3-15-28/h4-13,16H,1-3,14-15,17H2,(H2,25,26,27,29). The van der Waals surface area contributed by atoms with E-state index in [-0.39, 0.29) is 6.03 Å². The monoisotopic (exact) mass is 387 g/mol. The number of pyridine rings is 2. The van der Waals surface area contributed by atoms with Crippen LogP contribution in [0.4, 0.5) is 16.3 Å². The highest BCUT2D eigenvalue weighted by Crippen LogP contribution is 2.22. The molecule has 1 fully saturated rings. The van der Waals surface area contributed by atoms with Gasteiger partial charge in [0.1, 0.15) is 5.82 Å². The minimum Gasteiger partial charge on any atom is -0.308 e. The van der Waals surface area contributed by atoms with Gasteiger partial charge in [0.25, 0.3) is 0 Å². The normalized spacial score (nSPS) is 14.3. The molecule has 1 aliphatic rings. The molecular weight excluding hydrogens is 362 g/mol. The number of nitrogens with zero attached hydrogens (tertiary/aromatic N) is 3. The van der Waals surface area contributed by atoms with Crippen molar-refractivity contribution in [2.75, 3.05) is 23.7 Å². The Balaban J connectivity index is 1.38. The fraction of sp³-hybridized carbons (Fsp3) is 0.261. The summed E-state index contributed by atoms with van der Waals surface area (Å²) in [5.41, 5.74) is 3.77. The van der Waals surface area contributed by atoms with E-state index in [2.05, 4.69) is 25.5 Å². The Kier molecular flexibility index (Phi) is 6.12. The predicted molar refractivity (Wildman–Crippen MR) is 116 cm³/mol. The van der Waals surface area contributed by atoms with Gasteiger partial charge in [-0.15, -0.1) is 0 Å². The summed E-state index contributed by atoms with van der Waals surface area (Å²) in [5, 5.41) is 5.72. The van der Waals surface area contributed by atoms with E-state index in [0.29, 0.717) is 5.82 Å². The van der Waals surface area contributed by atoms with Crippen LogP contribution < -0.4 is 10.6 Å². The molecular formula is C23H25N5O. The van der Waals surface area contributed by atoms with Gasteiger partial charge in [-0.25, -0.2) is 9.78 Å². The third kappa shape index (κ3) is 5.39. The topological polar surface area (TPSA) is 70.2 Å². The summed E-state index contributed by atoms with van der Waals surface area (Å²) < 4.78 is 0. The van der Waals surface area contributed by atoms with Gasteiger partial charge in [0.05, 0.1) is 5.69 Å². The molecule has 0 aliphatic carbocycles. The molecule has 0 radical (unpaired) electrons. The van der Waals surface area contributed by atoms with Crippen LogP contribution in [0.15, 0.2) is 67.0 Å². The molecule has 1 saturated heterocycles. The van der Waals surface area contributed by atoms with Gasteiger partial charge in [-0.05, 0) is 73.5 Å². The molecule has 2 aromatic heterocycles. The first-order chi connectivity index (χ1) is 14.3. The van der Waals surface area contributed by atoms with Gasteiger partial charge in [-0.2, -0.15) is 0 Å². The van der Waals surface area contributed by atoms with Crippen molar-refractivity contribution in [2.45, 2.75) is 25.8 Å². The van der Waals surface area contributed by atoms with Crippen molar-refractivity contribution in [3.63, 3.8) is 0 Å². The highest BCUT2D eigenvalue weighted by molar-refractivity contribution is 5.99. The Morgan fingerprint density at radius 2 is 1.69 bits per heavy atom. The molecule has 0 unspecified atom stereocenters. The van der Waals surface area contributed by atoms with Crippen LogP contribution in [-0.4, -0.2) is 34.0 Å². The molecule has 0 spiro atoms. The first-order valence-electron chi connectivity index (χ1n) is 10.0. The van der Waals surface area contributed by atoms with Crippen LogP contribution in [0.3, 0.4) is 0 Å². The predicted octanol–water partition coefficient (Wildman–Crippen LogP) is 4.77. The molecule has 6 nitrogen and oxygen atoms in total. The highest BCUT2D eigenvalue weighted by Gasteiger charge is 2.12. The Bertz CT molecular complexity index is 954. The first kappa shape index (κ1) is 19.1. The third-order valence-electron chi connectivity index (χ3n) is 5.02. The fourth-order valence-corrected chi connectivity index (χ4v) is 3.58. The SMILES string of the molecule is O=C(Nc1cccc(-c2ccncc2)c1)Nc1cccc(CN2CCCCC2)n1. The summed E-state index contributed by atoms with van der Waals surface area (Å²) in [6.07, 6.45) is 7.32. The van der Waals surface area contributed by atoms with Gasteiger partial charge in [-0.1, -0.05) is 24.6 Å². The summed E-state index contributed by atoms with van der Waals surface area (Å²) >= 11 is 0. The van der Waals surface area contributed by atoms with Gasteiger partial charge in [0.2, 0.25) is 0 Å². The van der Waals surface area contributed by atoms with Crippen LogP contribution >= 0.6 is 0 Å². The van der Waals surface area contributed by atoms with Crippen LogP contribution in [0.1, 0.15) is 25.0 Å². The second-order valence-electron chi connectivity index (χ2n) is 7.25. The van der Waals surface area contributed by atoms with Crippen molar-refractivity contribution in [3.05, 3.63) is 72.7 Å². The van der Waals surface area contributed by atoms with Crippen molar-refractivity contribution in [1.82, 2.24) is 14.9 Å². The van der Waals surface area contributed by atoms with E-state index < -0.39 is 0 Å². The molecule has 0 bridgehead atoms. The number of rotatable bonds is 5. The minimum absolute atomic E-state index is 0.306. The summed E-state index contributed by atoms with van der Waals surface area (Å²) in [6.45, 7) is 3.06. The number of aromatic nitrogens is 2. The Labute approximate surface area is 171 Å². The smallest absolute Gasteiger partial charge is 0.308 e. The molecule has 1 aromatic carbocycles. The zero-order valence-corrected chi connectivity index (χ0v) is 16.3. The number of urea groups is 1. The lowest BCUT2D eigenvalue weighted by Gasteiger charge is -2.26. The summed E-state index contributed by atoms with van der Waals surface area (Å²) in [7, 11) is 0. The number of carbonyl (C=O) groups excluding carboxylic acids is 1. The number of hydrogen-bond acceptors (Lipinski definition) is 4. The van der Waals surface area contributed by atoms with Crippen LogP contribution in [0.2, 0.25) is 0 Å². The molecule has 148 valence electrons. The van der Waals surface area contributed by atoms with E-state index in [9.17, 15) is 4.79 Å². The molecule has 2 amide bonds. The zero-order chi connectivity index (χ0) is 19.9. The van der Waals surface area contributed by atoms with Gasteiger partial charge >= 0.3 is 6.03 Å². The fourth-order valence-electron chi connectivity index (χ4n) is 3.58. The van der Waals surface area contributed by atoms with E-state index in [1.54, 1.807) is 12.4 Å². The number of nitrogens with one attached hydrogen (secondary N) is 2. The number of carbonyl (C=O) groups is 1. The van der Waals surface area contributed by atoms with Crippen molar-refractivity contribution >= 4 is 17.5 Å². The minimum atomic E-state index is -0.306. The lowest BCUT2D eigenvalue weighted by Crippen LogP contribution is -2.29. The number of hydrogen-bond donors (Lipinski definition) is 2. The number of benzene rings is 1. The molecule has 3 heterocycles. The van der Waals surface area contributed by atoms with E-state index in [4.69, 9.17) is 0 Å². The summed E-state index contributed by atoms with van der Waals surface area (Å²) in [6, 6.07) is 17.1. The van der Waals surface area contributed by atoms with Crippen LogP contribution in [-0.2, 0) is 6.54 Å². The average molecular weight is 387 g/mol. The van der Waals surface area contributed by atoms with E-state index in [1.165, 1.54) is 19.3 Å². The lowest BCUT2D eigenvalue weighted by atomic mass is 10.1. The number of anilines is 2. The maximum Gasteiger partial charge on any atom is 0.324 e. The van der Waals surface area contributed by atoms with Crippen LogP contribution in [0.5, 0.6) is 0 Å². The maximum atomic E-state index is 12.4. The maximum absolute atomic E-state index is 12.4. The van der Waals surface area contributed by atoms with Crippen LogP contribution in [0, 0.1) is 0 Å². The van der Waals surface area contributed by atoms with E-state index in [0.717, 1.165) is 42.1 Å². The molecule has 29 heavy (non-hydrogen) atoms. The number of likely N-dealkylation sites (tertiary alicyclic amines) is 1. The van der Waals surface area contributed by atoms with Gasteiger partial charge < -0.3 is 5.32 Å². The zero-order valence-electron chi connectivity index (χ0n) is 16.3. The van der Waals surface area contributed by atoms with Crippen molar-refractivity contribution in [1.29, 1.82) is 0 Å². The van der Waals surface area contributed by atoms with Crippen LogP contribution in [0.25, 0.3) is 11.1 Å². The first-order valence-corrected chi connectivity index (χ1v) is 10.0. The summed E-state index contributed by atoms with van der Waals surface area (Å²) in [5.74, 6) is 0.558. The highest BCUT2D eigenvalue weighted by atomic mass is 16.2. The Hall–Kier alpha value is -3.25.